The molecule has 4 heteroatoms. The zero-order chi connectivity index (χ0) is 15.1. The van der Waals surface area contributed by atoms with E-state index in [1.54, 1.807) is 7.11 Å². The third-order valence-electron chi connectivity index (χ3n) is 3.29. The normalized spacial score (nSPS) is 12.1. The first-order valence-electron chi connectivity index (χ1n) is 6.98. The standard InChI is InChI=1S/C16H25NO3/c1-6-20-15(18)10-14(17-4)9-13-8-11(2)7-12(3)16(13)19-5/h7-8,14,17H,6,9-10H2,1-5H3. The minimum absolute atomic E-state index is 0.0455. The maximum atomic E-state index is 11.6. The molecular formula is C16H25NO3. The molecule has 112 valence electrons. The molecule has 0 amide bonds. The second kappa shape index (κ2) is 7.90. The number of hydrogen-bond acceptors (Lipinski definition) is 4. The molecule has 0 radical (unpaired) electrons. The molecule has 1 aromatic carbocycles. The molecule has 0 aliphatic heterocycles. The Labute approximate surface area is 121 Å². The van der Waals surface area contributed by atoms with Crippen LogP contribution >= 0.6 is 0 Å². The van der Waals surface area contributed by atoms with Crippen LogP contribution in [-0.4, -0.2) is 32.8 Å². The summed E-state index contributed by atoms with van der Waals surface area (Å²) in [5, 5.41) is 3.17. The predicted molar refractivity (Wildman–Crippen MR) is 80.3 cm³/mol. The predicted octanol–water partition coefficient (Wildman–Crippen LogP) is 2.40. The summed E-state index contributed by atoms with van der Waals surface area (Å²) in [5.41, 5.74) is 3.44. The van der Waals surface area contributed by atoms with Crippen molar-refractivity contribution < 1.29 is 14.3 Å². The summed E-state index contributed by atoms with van der Waals surface area (Å²) in [4.78, 5) is 11.6. The molecule has 0 heterocycles. The molecule has 0 aliphatic carbocycles. The second-order valence-electron chi connectivity index (χ2n) is 4.97. The highest BCUT2D eigenvalue weighted by Crippen LogP contribution is 2.26. The third kappa shape index (κ3) is 4.53. The smallest absolute Gasteiger partial charge is 0.307 e. The summed E-state index contributed by atoms with van der Waals surface area (Å²) in [7, 11) is 3.54. The Morgan fingerprint density at radius 3 is 2.60 bits per heavy atom. The summed E-state index contributed by atoms with van der Waals surface area (Å²) in [6, 6.07) is 4.26. The Kier molecular flexibility index (Phi) is 6.52. The highest BCUT2D eigenvalue weighted by atomic mass is 16.5. The van der Waals surface area contributed by atoms with Crippen LogP contribution in [-0.2, 0) is 16.0 Å². The van der Waals surface area contributed by atoms with Gasteiger partial charge in [0.1, 0.15) is 5.75 Å². The summed E-state index contributed by atoms with van der Waals surface area (Å²) >= 11 is 0. The van der Waals surface area contributed by atoms with Gasteiger partial charge in [0.15, 0.2) is 0 Å². The number of carbonyl (C=O) groups excluding carboxylic acids is 1. The fraction of sp³-hybridized carbons (Fsp3) is 0.562. The maximum absolute atomic E-state index is 11.6. The van der Waals surface area contributed by atoms with Crippen LogP contribution in [0.3, 0.4) is 0 Å². The minimum Gasteiger partial charge on any atom is -0.496 e. The van der Waals surface area contributed by atoms with Crippen LogP contribution in [0.2, 0.25) is 0 Å². The molecule has 0 aliphatic rings. The van der Waals surface area contributed by atoms with Crippen LogP contribution in [0.4, 0.5) is 0 Å². The van der Waals surface area contributed by atoms with Crippen molar-refractivity contribution in [3.05, 3.63) is 28.8 Å². The van der Waals surface area contributed by atoms with Crippen molar-refractivity contribution in [2.45, 2.75) is 39.7 Å². The van der Waals surface area contributed by atoms with Crippen LogP contribution in [0.5, 0.6) is 5.75 Å². The summed E-state index contributed by atoms with van der Waals surface area (Å²) < 4.78 is 10.5. The number of esters is 1. The average Bonchev–Trinajstić information content (AvgIpc) is 2.37. The first-order chi connectivity index (χ1) is 9.51. The molecule has 20 heavy (non-hydrogen) atoms. The Balaban J connectivity index is 2.86. The van der Waals surface area contributed by atoms with Gasteiger partial charge in [0.05, 0.1) is 20.1 Å². The van der Waals surface area contributed by atoms with Gasteiger partial charge in [0.2, 0.25) is 0 Å². The first-order valence-corrected chi connectivity index (χ1v) is 6.98. The third-order valence-corrected chi connectivity index (χ3v) is 3.29. The number of methoxy groups -OCH3 is 1. The molecule has 0 saturated heterocycles. The lowest BCUT2D eigenvalue weighted by molar-refractivity contribution is -0.143. The van der Waals surface area contributed by atoms with Crippen molar-refractivity contribution in [3.63, 3.8) is 0 Å². The largest absolute Gasteiger partial charge is 0.496 e. The van der Waals surface area contributed by atoms with Gasteiger partial charge in [-0.05, 0) is 45.4 Å². The topological polar surface area (TPSA) is 47.6 Å². The van der Waals surface area contributed by atoms with Crippen LogP contribution in [0.15, 0.2) is 12.1 Å². The van der Waals surface area contributed by atoms with Crippen LogP contribution in [0, 0.1) is 13.8 Å². The molecular weight excluding hydrogens is 254 g/mol. The number of carbonyl (C=O) groups is 1. The molecule has 1 rings (SSSR count). The number of likely N-dealkylation sites (N-methyl/N-ethyl adjacent to an activating group) is 1. The van der Waals surface area contributed by atoms with Gasteiger partial charge in [-0.1, -0.05) is 17.7 Å². The van der Waals surface area contributed by atoms with E-state index in [1.165, 1.54) is 5.56 Å². The van der Waals surface area contributed by atoms with Gasteiger partial charge in [0.25, 0.3) is 0 Å². The highest BCUT2D eigenvalue weighted by molar-refractivity contribution is 5.70. The molecule has 0 saturated carbocycles. The van der Waals surface area contributed by atoms with E-state index in [0.717, 1.165) is 23.3 Å². The van der Waals surface area contributed by atoms with Gasteiger partial charge in [-0.15, -0.1) is 0 Å². The van der Waals surface area contributed by atoms with E-state index >= 15 is 0 Å². The molecule has 1 N–H and O–H groups in total. The van der Waals surface area contributed by atoms with E-state index in [2.05, 4.69) is 24.4 Å². The quantitative estimate of drug-likeness (QED) is 0.779. The highest BCUT2D eigenvalue weighted by Gasteiger charge is 2.17. The Hall–Kier alpha value is -1.55. The van der Waals surface area contributed by atoms with Crippen molar-refractivity contribution in [1.29, 1.82) is 0 Å². The summed E-state index contributed by atoms with van der Waals surface area (Å²) in [5.74, 6) is 0.731. The fourth-order valence-electron chi connectivity index (χ4n) is 2.45. The first kappa shape index (κ1) is 16.5. The fourth-order valence-corrected chi connectivity index (χ4v) is 2.45. The monoisotopic (exact) mass is 279 g/mol. The molecule has 0 aromatic heterocycles. The number of benzene rings is 1. The van der Waals surface area contributed by atoms with Gasteiger partial charge < -0.3 is 14.8 Å². The minimum atomic E-state index is -0.171. The number of ether oxygens (including phenoxy) is 2. The number of aryl methyl sites for hydroxylation is 2. The van der Waals surface area contributed by atoms with Gasteiger partial charge in [-0.2, -0.15) is 0 Å². The van der Waals surface area contributed by atoms with Gasteiger partial charge in [0, 0.05) is 6.04 Å². The molecule has 0 bridgehead atoms. The second-order valence-corrected chi connectivity index (χ2v) is 4.97. The van der Waals surface area contributed by atoms with Crippen LogP contribution in [0.1, 0.15) is 30.0 Å². The van der Waals surface area contributed by atoms with Crippen molar-refractivity contribution in [2.75, 3.05) is 20.8 Å². The van der Waals surface area contributed by atoms with Crippen LogP contribution < -0.4 is 10.1 Å². The number of hydrogen-bond donors (Lipinski definition) is 1. The van der Waals surface area contributed by atoms with E-state index < -0.39 is 0 Å². The molecule has 1 atom stereocenters. The molecule has 1 aromatic rings. The maximum Gasteiger partial charge on any atom is 0.307 e. The van der Waals surface area contributed by atoms with Crippen molar-refractivity contribution in [1.82, 2.24) is 5.32 Å². The lowest BCUT2D eigenvalue weighted by Crippen LogP contribution is -2.31. The van der Waals surface area contributed by atoms with E-state index in [-0.39, 0.29) is 12.0 Å². The van der Waals surface area contributed by atoms with Gasteiger partial charge in [-0.25, -0.2) is 0 Å². The number of rotatable bonds is 7. The molecule has 4 nitrogen and oxygen atoms in total. The van der Waals surface area contributed by atoms with Gasteiger partial charge in [-0.3, -0.25) is 4.79 Å². The van der Waals surface area contributed by atoms with E-state index in [4.69, 9.17) is 9.47 Å². The Bertz CT molecular complexity index is 457. The van der Waals surface area contributed by atoms with E-state index in [1.807, 2.05) is 20.9 Å². The SMILES string of the molecule is CCOC(=O)CC(Cc1cc(C)cc(C)c1OC)NC. The average molecular weight is 279 g/mol. The summed E-state index contributed by atoms with van der Waals surface area (Å²) in [6.07, 6.45) is 1.10. The lowest BCUT2D eigenvalue weighted by atomic mass is 9.98. The summed E-state index contributed by atoms with van der Waals surface area (Å²) in [6.45, 7) is 6.34. The van der Waals surface area contributed by atoms with Crippen LogP contribution in [0.25, 0.3) is 0 Å². The molecule has 0 fully saturated rings. The zero-order valence-corrected chi connectivity index (χ0v) is 13.1. The zero-order valence-electron chi connectivity index (χ0n) is 13.1. The lowest BCUT2D eigenvalue weighted by Gasteiger charge is -2.19. The molecule has 1 unspecified atom stereocenters. The number of nitrogens with one attached hydrogen (secondary N) is 1. The molecule has 0 spiro atoms. The van der Waals surface area contributed by atoms with Crippen molar-refractivity contribution >= 4 is 5.97 Å². The van der Waals surface area contributed by atoms with Crippen molar-refractivity contribution in [2.24, 2.45) is 0 Å². The van der Waals surface area contributed by atoms with E-state index in [0.29, 0.717) is 13.0 Å². The van der Waals surface area contributed by atoms with E-state index in [9.17, 15) is 4.79 Å². The van der Waals surface area contributed by atoms with Crippen molar-refractivity contribution in [3.8, 4) is 5.75 Å². The Morgan fingerprint density at radius 1 is 1.35 bits per heavy atom. The van der Waals surface area contributed by atoms with Gasteiger partial charge >= 0.3 is 5.97 Å². The Morgan fingerprint density at radius 2 is 2.05 bits per heavy atom.